The number of fused-ring (bicyclic) bond motifs is 7. The van der Waals surface area contributed by atoms with Crippen molar-refractivity contribution in [2.75, 3.05) is 0 Å². The van der Waals surface area contributed by atoms with Gasteiger partial charge in [0, 0.05) is 44.5 Å². The Morgan fingerprint density at radius 2 is 0.541 bits per heavy atom. The van der Waals surface area contributed by atoms with E-state index in [0.717, 1.165) is 44.9 Å². The molecule has 0 fully saturated rings. The van der Waals surface area contributed by atoms with E-state index in [0.29, 0.717) is 17.5 Å². The van der Waals surface area contributed by atoms with E-state index in [1.165, 1.54) is 43.9 Å². The molecular formula is C55H36N6. The molecule has 0 radical (unpaired) electrons. The normalized spacial score (nSPS) is 11.6. The highest BCUT2D eigenvalue weighted by molar-refractivity contribution is 6.25. The first-order valence-corrected chi connectivity index (χ1v) is 20.5. The van der Waals surface area contributed by atoms with Crippen LogP contribution < -0.4 is 0 Å². The molecule has 6 heteroatoms. The Bertz CT molecular complexity index is 3340. The van der Waals surface area contributed by atoms with Crippen molar-refractivity contribution < 1.29 is 0 Å². The van der Waals surface area contributed by atoms with Crippen LogP contribution in [0.3, 0.4) is 0 Å². The fourth-order valence-corrected chi connectivity index (χ4v) is 8.95. The van der Waals surface area contributed by atoms with Crippen molar-refractivity contribution in [1.82, 2.24) is 28.7 Å². The van der Waals surface area contributed by atoms with Gasteiger partial charge in [-0.3, -0.25) is 0 Å². The summed E-state index contributed by atoms with van der Waals surface area (Å²) >= 11 is 0. The van der Waals surface area contributed by atoms with Crippen LogP contribution in [0.25, 0.3) is 106 Å². The van der Waals surface area contributed by atoms with Gasteiger partial charge in [-0.25, -0.2) is 15.0 Å². The van der Waals surface area contributed by atoms with Crippen LogP contribution in [0.15, 0.2) is 218 Å². The summed E-state index contributed by atoms with van der Waals surface area (Å²) in [5, 5.41) is 2.40. The SMILES string of the molecule is c1ccc(-c2nc(-c3ccccc3)nc(-c3ccc(-c4ccc(-n5c6c7ccccc7n(-c7ccccc7)c6c6c5c5ccccc5n6-c5ccccc5)cc4)cc3)n2)cc1. The van der Waals surface area contributed by atoms with E-state index >= 15 is 0 Å². The molecular weight excluding hydrogens is 745 g/mol. The lowest BCUT2D eigenvalue weighted by Crippen LogP contribution is -2.00. The van der Waals surface area contributed by atoms with E-state index in [2.05, 4.69) is 171 Å². The lowest BCUT2D eigenvalue weighted by atomic mass is 10.0. The Morgan fingerprint density at radius 1 is 0.230 bits per heavy atom. The van der Waals surface area contributed by atoms with E-state index in [-0.39, 0.29) is 0 Å². The predicted molar refractivity (Wildman–Crippen MR) is 250 cm³/mol. The van der Waals surface area contributed by atoms with Crippen LogP contribution in [-0.4, -0.2) is 28.7 Å². The van der Waals surface area contributed by atoms with E-state index in [9.17, 15) is 0 Å². The molecule has 0 amide bonds. The molecule has 6 nitrogen and oxygen atoms in total. The van der Waals surface area contributed by atoms with Crippen molar-refractivity contribution in [3.05, 3.63) is 218 Å². The summed E-state index contributed by atoms with van der Waals surface area (Å²) in [6.45, 7) is 0. The minimum absolute atomic E-state index is 0.638. The van der Waals surface area contributed by atoms with Crippen LogP contribution in [0.2, 0.25) is 0 Å². The van der Waals surface area contributed by atoms with Crippen molar-refractivity contribution >= 4 is 43.9 Å². The maximum Gasteiger partial charge on any atom is 0.164 e. The van der Waals surface area contributed by atoms with Crippen LogP contribution in [0.4, 0.5) is 0 Å². The number of hydrogen-bond acceptors (Lipinski definition) is 3. The summed E-state index contributed by atoms with van der Waals surface area (Å²) in [5.74, 6) is 1.94. The summed E-state index contributed by atoms with van der Waals surface area (Å²) in [4.78, 5) is 14.8. The molecule has 12 aromatic rings. The van der Waals surface area contributed by atoms with Crippen LogP contribution in [-0.2, 0) is 0 Å². The predicted octanol–water partition coefficient (Wildman–Crippen LogP) is 13.5. The molecule has 0 aliphatic heterocycles. The first-order chi connectivity index (χ1) is 30.3. The van der Waals surface area contributed by atoms with Crippen LogP contribution in [0, 0.1) is 0 Å². The van der Waals surface area contributed by atoms with Gasteiger partial charge >= 0.3 is 0 Å². The number of nitrogens with zero attached hydrogens (tertiary/aromatic N) is 6. The molecule has 61 heavy (non-hydrogen) atoms. The van der Waals surface area contributed by atoms with E-state index in [1.54, 1.807) is 0 Å². The van der Waals surface area contributed by atoms with Gasteiger partial charge in [-0.2, -0.15) is 0 Å². The molecule has 0 atom stereocenters. The van der Waals surface area contributed by atoms with Gasteiger partial charge in [0.1, 0.15) is 0 Å². The second-order valence-corrected chi connectivity index (χ2v) is 15.3. The average molecular weight is 781 g/mol. The standard InChI is InChI=1S/C55H36N6/c1-5-17-39(18-6-1)53-56-54(40-19-7-2-8-20-40)58-55(57-53)41-31-29-37(30-32-41)38-33-35-44(36-34-38)61-49-45-25-13-15-27-47(45)59(42-21-9-3-10-22-42)51(49)52-50(61)46-26-14-16-28-48(46)60(52)43-23-11-4-12-24-43/h1-36H. The summed E-state index contributed by atoms with van der Waals surface area (Å²) in [6.07, 6.45) is 0. The Kier molecular flexibility index (Phi) is 8.06. The Balaban J connectivity index is 1.02. The van der Waals surface area contributed by atoms with Gasteiger partial charge in [0.25, 0.3) is 0 Å². The van der Waals surface area contributed by atoms with Gasteiger partial charge in [0.2, 0.25) is 0 Å². The van der Waals surface area contributed by atoms with Crippen molar-refractivity contribution in [3.63, 3.8) is 0 Å². The lowest BCUT2D eigenvalue weighted by molar-refractivity contribution is 1.07. The van der Waals surface area contributed by atoms with E-state index in [4.69, 9.17) is 15.0 Å². The molecule has 0 unspecified atom stereocenters. The molecule has 12 rings (SSSR count). The van der Waals surface area contributed by atoms with Gasteiger partial charge in [0.05, 0.1) is 33.1 Å². The highest BCUT2D eigenvalue weighted by atomic mass is 15.1. The molecule has 0 saturated heterocycles. The van der Waals surface area contributed by atoms with Gasteiger partial charge in [-0.1, -0.05) is 170 Å². The maximum atomic E-state index is 4.95. The fourth-order valence-electron chi connectivity index (χ4n) is 8.95. The van der Waals surface area contributed by atoms with Crippen LogP contribution >= 0.6 is 0 Å². The Labute approximate surface area is 351 Å². The number of aromatic nitrogens is 6. The molecule has 0 spiro atoms. The monoisotopic (exact) mass is 780 g/mol. The molecule has 0 saturated carbocycles. The van der Waals surface area contributed by atoms with Gasteiger partial charge in [-0.15, -0.1) is 0 Å². The zero-order chi connectivity index (χ0) is 40.3. The van der Waals surface area contributed by atoms with Crippen molar-refractivity contribution in [2.24, 2.45) is 0 Å². The van der Waals surface area contributed by atoms with Gasteiger partial charge in [-0.05, 0) is 59.7 Å². The minimum Gasteiger partial charge on any atom is -0.306 e. The second kappa shape index (κ2) is 14.2. The average Bonchev–Trinajstić information content (AvgIpc) is 3.98. The number of hydrogen-bond donors (Lipinski definition) is 0. The third kappa shape index (κ3) is 5.69. The first-order valence-electron chi connectivity index (χ1n) is 20.5. The zero-order valence-corrected chi connectivity index (χ0v) is 33.0. The van der Waals surface area contributed by atoms with Gasteiger partial charge < -0.3 is 13.7 Å². The summed E-state index contributed by atoms with van der Waals surface area (Å²) < 4.78 is 7.36. The Morgan fingerprint density at radius 3 is 0.967 bits per heavy atom. The summed E-state index contributed by atoms with van der Waals surface area (Å²) in [7, 11) is 0. The fraction of sp³-hybridized carbons (Fsp3) is 0. The molecule has 0 bridgehead atoms. The van der Waals surface area contributed by atoms with Crippen molar-refractivity contribution in [2.45, 2.75) is 0 Å². The summed E-state index contributed by atoms with van der Waals surface area (Å²) in [6, 6.07) is 76.7. The first kappa shape index (κ1) is 34.7. The zero-order valence-electron chi connectivity index (χ0n) is 33.0. The number of para-hydroxylation sites is 4. The lowest BCUT2D eigenvalue weighted by Gasteiger charge is -2.10. The number of benzene rings is 8. The van der Waals surface area contributed by atoms with Crippen molar-refractivity contribution in [1.29, 1.82) is 0 Å². The third-order valence-electron chi connectivity index (χ3n) is 11.7. The highest BCUT2D eigenvalue weighted by Gasteiger charge is 2.27. The maximum absolute atomic E-state index is 4.95. The molecule has 4 aromatic heterocycles. The Hall–Kier alpha value is -8.35. The molecule has 0 aliphatic rings. The van der Waals surface area contributed by atoms with E-state index in [1.807, 2.05) is 60.7 Å². The number of rotatable bonds is 7. The molecule has 286 valence electrons. The highest BCUT2D eigenvalue weighted by Crippen LogP contribution is 2.45. The largest absolute Gasteiger partial charge is 0.306 e. The smallest absolute Gasteiger partial charge is 0.164 e. The molecule has 4 heterocycles. The quantitative estimate of drug-likeness (QED) is 0.162. The molecule has 0 N–H and O–H groups in total. The topological polar surface area (TPSA) is 53.5 Å². The third-order valence-corrected chi connectivity index (χ3v) is 11.7. The van der Waals surface area contributed by atoms with Crippen LogP contribution in [0.1, 0.15) is 0 Å². The molecule has 0 aliphatic carbocycles. The van der Waals surface area contributed by atoms with Crippen LogP contribution in [0.5, 0.6) is 0 Å². The second-order valence-electron chi connectivity index (χ2n) is 15.3. The molecule has 8 aromatic carbocycles. The minimum atomic E-state index is 0.638. The van der Waals surface area contributed by atoms with Gasteiger partial charge in [0.15, 0.2) is 17.5 Å². The van der Waals surface area contributed by atoms with Crippen molar-refractivity contribution in [3.8, 4) is 62.4 Å². The summed E-state index contributed by atoms with van der Waals surface area (Å²) in [5.41, 5.74) is 15.5. The van der Waals surface area contributed by atoms with E-state index < -0.39 is 0 Å².